The van der Waals surface area contributed by atoms with E-state index >= 15 is 0 Å². The molecule has 2 unspecified atom stereocenters. The van der Waals surface area contributed by atoms with E-state index in [0.717, 1.165) is 17.9 Å². The lowest BCUT2D eigenvalue weighted by Gasteiger charge is -2.20. The van der Waals surface area contributed by atoms with E-state index in [4.69, 9.17) is 0 Å². The van der Waals surface area contributed by atoms with Crippen LogP contribution in [0, 0.1) is 6.92 Å². The van der Waals surface area contributed by atoms with Crippen LogP contribution >= 0.6 is 11.3 Å². The molecule has 0 aliphatic carbocycles. The Morgan fingerprint density at radius 1 is 1.47 bits per heavy atom. The molecular weight excluding hydrogens is 232 g/mol. The molecule has 0 bridgehead atoms. The van der Waals surface area contributed by atoms with Crippen LogP contribution < -0.4 is 5.32 Å². The standard InChI is InChI=1S/C12H18N4S/c1-4-10(12-13-5-6-14-12)16-9(3)11-8(2)15-7-17-11/h5-7,9-10,16H,4H2,1-3H3,(H,13,14). The van der Waals surface area contributed by atoms with Crippen LogP contribution in [0.3, 0.4) is 0 Å². The Hall–Kier alpha value is -1.20. The Labute approximate surface area is 106 Å². The van der Waals surface area contributed by atoms with E-state index in [2.05, 4.69) is 41.0 Å². The first kappa shape index (κ1) is 12.3. The zero-order valence-electron chi connectivity index (χ0n) is 10.4. The number of H-pyrrole nitrogens is 1. The summed E-state index contributed by atoms with van der Waals surface area (Å²) in [6.07, 6.45) is 4.67. The molecule has 2 aromatic rings. The zero-order valence-corrected chi connectivity index (χ0v) is 11.2. The maximum atomic E-state index is 4.31. The monoisotopic (exact) mass is 250 g/mol. The summed E-state index contributed by atoms with van der Waals surface area (Å²) < 4.78 is 0. The van der Waals surface area contributed by atoms with E-state index in [9.17, 15) is 0 Å². The lowest BCUT2D eigenvalue weighted by molar-refractivity contribution is 0.444. The highest BCUT2D eigenvalue weighted by atomic mass is 32.1. The van der Waals surface area contributed by atoms with Gasteiger partial charge in [-0.2, -0.15) is 0 Å². The molecule has 2 rings (SSSR count). The van der Waals surface area contributed by atoms with Gasteiger partial charge in [0, 0.05) is 23.3 Å². The molecule has 0 saturated heterocycles. The topological polar surface area (TPSA) is 53.6 Å². The molecule has 2 heterocycles. The number of aryl methyl sites for hydroxylation is 1. The van der Waals surface area contributed by atoms with Crippen LogP contribution in [0.5, 0.6) is 0 Å². The molecule has 0 fully saturated rings. The number of thiazole rings is 1. The number of imidazole rings is 1. The number of hydrogen-bond acceptors (Lipinski definition) is 4. The zero-order chi connectivity index (χ0) is 12.3. The second-order valence-corrected chi connectivity index (χ2v) is 5.01. The smallest absolute Gasteiger partial charge is 0.123 e. The molecule has 0 spiro atoms. The van der Waals surface area contributed by atoms with Crippen molar-refractivity contribution in [3.8, 4) is 0 Å². The van der Waals surface area contributed by atoms with Gasteiger partial charge < -0.3 is 4.98 Å². The van der Waals surface area contributed by atoms with Gasteiger partial charge in [-0.15, -0.1) is 11.3 Å². The average molecular weight is 250 g/mol. The van der Waals surface area contributed by atoms with Crippen LogP contribution in [0.4, 0.5) is 0 Å². The van der Waals surface area contributed by atoms with Crippen molar-refractivity contribution in [2.45, 2.75) is 39.3 Å². The minimum Gasteiger partial charge on any atom is -0.347 e. The number of hydrogen-bond donors (Lipinski definition) is 2. The van der Waals surface area contributed by atoms with Gasteiger partial charge >= 0.3 is 0 Å². The Bertz CT molecular complexity index is 449. The van der Waals surface area contributed by atoms with Gasteiger partial charge in [0.1, 0.15) is 5.82 Å². The molecular formula is C12H18N4S. The summed E-state index contributed by atoms with van der Waals surface area (Å²) in [5, 5.41) is 3.59. The van der Waals surface area contributed by atoms with Gasteiger partial charge in [0.15, 0.2) is 0 Å². The van der Waals surface area contributed by atoms with Crippen LogP contribution in [0.15, 0.2) is 17.9 Å². The lowest BCUT2D eigenvalue weighted by Crippen LogP contribution is -2.25. The molecule has 0 aliphatic heterocycles. The summed E-state index contributed by atoms with van der Waals surface area (Å²) in [5.74, 6) is 1.00. The summed E-state index contributed by atoms with van der Waals surface area (Å²) in [5.41, 5.74) is 3.01. The van der Waals surface area contributed by atoms with Crippen molar-refractivity contribution in [2.75, 3.05) is 0 Å². The molecule has 0 amide bonds. The van der Waals surface area contributed by atoms with E-state index < -0.39 is 0 Å². The third kappa shape index (κ3) is 2.73. The van der Waals surface area contributed by atoms with E-state index in [0.29, 0.717) is 6.04 Å². The molecule has 0 radical (unpaired) electrons. The van der Waals surface area contributed by atoms with Crippen LogP contribution in [-0.2, 0) is 0 Å². The molecule has 2 atom stereocenters. The van der Waals surface area contributed by atoms with Gasteiger partial charge in [-0.3, -0.25) is 5.32 Å². The summed E-state index contributed by atoms with van der Waals surface area (Å²) in [6.45, 7) is 6.39. The van der Waals surface area contributed by atoms with Gasteiger partial charge in [0.25, 0.3) is 0 Å². The molecule has 2 N–H and O–H groups in total. The van der Waals surface area contributed by atoms with Gasteiger partial charge in [-0.05, 0) is 20.3 Å². The fourth-order valence-corrected chi connectivity index (χ4v) is 2.78. The molecule has 0 saturated carbocycles. The predicted molar refractivity (Wildman–Crippen MR) is 70.0 cm³/mol. The molecule has 5 heteroatoms. The minimum atomic E-state index is 0.265. The predicted octanol–water partition coefficient (Wildman–Crippen LogP) is 2.98. The lowest BCUT2D eigenvalue weighted by atomic mass is 10.1. The number of nitrogens with zero attached hydrogens (tertiary/aromatic N) is 2. The second kappa shape index (κ2) is 5.42. The summed E-state index contributed by atoms with van der Waals surface area (Å²) >= 11 is 1.70. The first-order valence-corrected chi connectivity index (χ1v) is 6.75. The highest BCUT2D eigenvalue weighted by molar-refractivity contribution is 7.09. The van der Waals surface area contributed by atoms with Crippen molar-refractivity contribution in [1.29, 1.82) is 0 Å². The van der Waals surface area contributed by atoms with Crippen molar-refractivity contribution in [3.05, 3.63) is 34.3 Å². The van der Waals surface area contributed by atoms with Crippen LogP contribution in [-0.4, -0.2) is 15.0 Å². The first-order chi connectivity index (χ1) is 8.22. The van der Waals surface area contributed by atoms with Crippen molar-refractivity contribution >= 4 is 11.3 Å². The Morgan fingerprint density at radius 2 is 2.29 bits per heavy atom. The maximum absolute atomic E-state index is 4.31. The fourth-order valence-electron chi connectivity index (χ4n) is 1.96. The van der Waals surface area contributed by atoms with Gasteiger partial charge in [-0.1, -0.05) is 6.92 Å². The van der Waals surface area contributed by atoms with Crippen LogP contribution in [0.25, 0.3) is 0 Å². The molecule has 17 heavy (non-hydrogen) atoms. The average Bonchev–Trinajstić information content (AvgIpc) is 2.96. The number of aromatic amines is 1. The minimum absolute atomic E-state index is 0.265. The van der Waals surface area contributed by atoms with E-state index in [1.165, 1.54) is 4.88 Å². The summed E-state index contributed by atoms with van der Waals surface area (Å²) in [6, 6.07) is 0.569. The highest BCUT2D eigenvalue weighted by Crippen LogP contribution is 2.24. The molecule has 92 valence electrons. The summed E-state index contributed by atoms with van der Waals surface area (Å²) in [4.78, 5) is 13.1. The van der Waals surface area contributed by atoms with Gasteiger partial charge in [-0.25, -0.2) is 9.97 Å². The third-order valence-corrected chi connectivity index (χ3v) is 4.00. The number of aromatic nitrogens is 3. The molecule has 2 aromatic heterocycles. The Balaban J connectivity index is 2.07. The van der Waals surface area contributed by atoms with E-state index in [-0.39, 0.29) is 6.04 Å². The van der Waals surface area contributed by atoms with E-state index in [1.54, 1.807) is 17.5 Å². The second-order valence-electron chi connectivity index (χ2n) is 4.13. The van der Waals surface area contributed by atoms with Crippen molar-refractivity contribution in [1.82, 2.24) is 20.3 Å². The summed E-state index contributed by atoms with van der Waals surface area (Å²) in [7, 11) is 0. The fraction of sp³-hybridized carbons (Fsp3) is 0.500. The SMILES string of the molecule is CCC(NC(C)c1scnc1C)c1ncc[nH]1. The molecule has 0 aromatic carbocycles. The Kier molecular flexibility index (Phi) is 3.91. The van der Waals surface area contributed by atoms with Crippen molar-refractivity contribution in [2.24, 2.45) is 0 Å². The third-order valence-electron chi connectivity index (χ3n) is 2.88. The normalized spacial score (nSPS) is 14.8. The number of rotatable bonds is 5. The van der Waals surface area contributed by atoms with Crippen molar-refractivity contribution in [3.63, 3.8) is 0 Å². The Morgan fingerprint density at radius 3 is 2.82 bits per heavy atom. The van der Waals surface area contributed by atoms with Gasteiger partial charge in [0.2, 0.25) is 0 Å². The molecule has 4 nitrogen and oxygen atoms in total. The first-order valence-electron chi connectivity index (χ1n) is 5.87. The largest absolute Gasteiger partial charge is 0.347 e. The maximum Gasteiger partial charge on any atom is 0.123 e. The van der Waals surface area contributed by atoms with Crippen LogP contribution in [0.1, 0.15) is 48.7 Å². The molecule has 0 aliphatic rings. The van der Waals surface area contributed by atoms with Crippen LogP contribution in [0.2, 0.25) is 0 Å². The van der Waals surface area contributed by atoms with Gasteiger partial charge in [0.05, 0.1) is 17.2 Å². The highest BCUT2D eigenvalue weighted by Gasteiger charge is 2.17. The number of nitrogens with one attached hydrogen (secondary N) is 2. The quantitative estimate of drug-likeness (QED) is 0.857. The van der Waals surface area contributed by atoms with E-state index in [1.807, 2.05) is 11.7 Å². The van der Waals surface area contributed by atoms with Crippen molar-refractivity contribution < 1.29 is 0 Å².